The summed E-state index contributed by atoms with van der Waals surface area (Å²) in [6.07, 6.45) is 0. The number of methoxy groups -OCH3 is 3. The lowest BCUT2D eigenvalue weighted by molar-refractivity contribution is 0.379. The van der Waals surface area contributed by atoms with Gasteiger partial charge in [-0.25, -0.2) is 0 Å². The normalized spacial score (nSPS) is 13.1. The molecule has 0 spiro atoms. The van der Waals surface area contributed by atoms with E-state index in [1.54, 1.807) is 21.3 Å². The van der Waals surface area contributed by atoms with Gasteiger partial charge in [0.2, 0.25) is 0 Å². The molecule has 0 aliphatic heterocycles. The second-order valence-corrected chi connectivity index (χ2v) is 9.07. The molecule has 2 rings (SSSR count). The number of hydrogen-bond donors (Lipinski definition) is 0. The van der Waals surface area contributed by atoms with Gasteiger partial charge < -0.3 is 14.2 Å². The molecule has 0 saturated heterocycles. The average Bonchev–Trinajstić information content (AvgIpc) is 2.60. The molecule has 0 aliphatic rings. The summed E-state index contributed by atoms with van der Waals surface area (Å²) in [4.78, 5) is 0. The molecule has 2 aromatic carbocycles. The maximum absolute atomic E-state index is 5.63. The van der Waals surface area contributed by atoms with E-state index in [0.29, 0.717) is 5.75 Å². The van der Waals surface area contributed by atoms with Gasteiger partial charge in [0.25, 0.3) is 0 Å². The summed E-state index contributed by atoms with van der Waals surface area (Å²) in [7, 11) is 2.78. The van der Waals surface area contributed by atoms with Crippen LogP contribution >= 0.6 is 0 Å². The van der Waals surface area contributed by atoms with Crippen LogP contribution < -0.4 is 24.6 Å². The molecule has 4 heteroatoms. The van der Waals surface area contributed by atoms with Crippen LogP contribution in [0.3, 0.4) is 0 Å². The standard InChI is InChI=1S/C18H22O3Si/c1-6-22(5,15-10-8-7-9-11-15)18-16(20-3)12-14(19-2)13-17(18)21-4/h6-13H,1H2,2-5H3/t22-/m0/s1. The summed E-state index contributed by atoms with van der Waals surface area (Å²) in [5.74, 6) is 2.26. The summed E-state index contributed by atoms with van der Waals surface area (Å²) in [5.41, 5.74) is 2.05. The van der Waals surface area contributed by atoms with Gasteiger partial charge in [-0.2, -0.15) is 0 Å². The van der Waals surface area contributed by atoms with E-state index < -0.39 is 8.07 Å². The van der Waals surface area contributed by atoms with Crippen LogP contribution in [-0.4, -0.2) is 29.4 Å². The van der Waals surface area contributed by atoms with Crippen molar-refractivity contribution in [3.8, 4) is 17.2 Å². The van der Waals surface area contributed by atoms with Crippen molar-refractivity contribution in [2.75, 3.05) is 21.3 Å². The van der Waals surface area contributed by atoms with E-state index in [0.717, 1.165) is 16.7 Å². The molecule has 3 nitrogen and oxygen atoms in total. The van der Waals surface area contributed by atoms with Crippen LogP contribution in [0.25, 0.3) is 0 Å². The molecule has 0 unspecified atom stereocenters. The first-order valence-electron chi connectivity index (χ1n) is 7.10. The third kappa shape index (κ3) is 2.74. The second kappa shape index (κ2) is 6.71. The van der Waals surface area contributed by atoms with Crippen molar-refractivity contribution in [3.05, 3.63) is 54.7 Å². The predicted octanol–water partition coefficient (Wildman–Crippen LogP) is 2.63. The average molecular weight is 314 g/mol. The smallest absolute Gasteiger partial charge is 0.147 e. The predicted molar refractivity (Wildman–Crippen MR) is 93.6 cm³/mol. The molecule has 0 N–H and O–H groups in total. The zero-order chi connectivity index (χ0) is 16.2. The van der Waals surface area contributed by atoms with Gasteiger partial charge in [0.05, 0.1) is 21.3 Å². The van der Waals surface area contributed by atoms with Crippen LogP contribution in [0.5, 0.6) is 17.2 Å². The lowest BCUT2D eigenvalue weighted by atomic mass is 10.3. The van der Waals surface area contributed by atoms with Crippen molar-refractivity contribution in [1.82, 2.24) is 0 Å². The Kier molecular flexibility index (Phi) is 4.93. The maximum Gasteiger partial charge on any atom is 0.147 e. The quantitative estimate of drug-likeness (QED) is 0.767. The van der Waals surface area contributed by atoms with E-state index in [1.165, 1.54) is 5.19 Å². The molecule has 0 bridgehead atoms. The van der Waals surface area contributed by atoms with E-state index in [4.69, 9.17) is 14.2 Å². The van der Waals surface area contributed by atoms with E-state index in [-0.39, 0.29) is 0 Å². The Labute approximate surface area is 133 Å². The fraction of sp³-hybridized carbons (Fsp3) is 0.222. The van der Waals surface area contributed by atoms with Gasteiger partial charge in [0.1, 0.15) is 25.3 Å². The Hall–Kier alpha value is -2.20. The van der Waals surface area contributed by atoms with Gasteiger partial charge in [0, 0.05) is 17.3 Å². The summed E-state index contributed by atoms with van der Waals surface area (Å²) in [5, 5.41) is 2.33. The van der Waals surface area contributed by atoms with E-state index in [1.807, 2.05) is 30.3 Å². The van der Waals surface area contributed by atoms with Crippen molar-refractivity contribution >= 4 is 18.4 Å². The second-order valence-electron chi connectivity index (χ2n) is 5.18. The van der Waals surface area contributed by atoms with E-state index in [9.17, 15) is 0 Å². The van der Waals surface area contributed by atoms with Gasteiger partial charge in [-0.05, 0) is 5.19 Å². The number of ether oxygens (including phenoxy) is 3. The van der Waals surface area contributed by atoms with Crippen LogP contribution in [0.1, 0.15) is 0 Å². The minimum atomic E-state index is -2.18. The Bertz CT molecular complexity index is 630. The molecular weight excluding hydrogens is 292 g/mol. The summed E-state index contributed by atoms with van der Waals surface area (Å²) >= 11 is 0. The van der Waals surface area contributed by atoms with Crippen molar-refractivity contribution in [2.24, 2.45) is 0 Å². The summed E-state index contributed by atoms with van der Waals surface area (Å²) in [6.45, 7) is 6.34. The fourth-order valence-corrected chi connectivity index (χ4v) is 5.65. The van der Waals surface area contributed by atoms with Gasteiger partial charge in [-0.3, -0.25) is 0 Å². The maximum atomic E-state index is 5.63. The first-order chi connectivity index (χ1) is 10.6. The summed E-state index contributed by atoms with van der Waals surface area (Å²) in [6, 6.07) is 14.2. The molecule has 1 atom stereocenters. The molecule has 2 aromatic rings. The Morgan fingerprint density at radius 1 is 0.909 bits per heavy atom. The molecule has 22 heavy (non-hydrogen) atoms. The Morgan fingerprint density at radius 2 is 1.45 bits per heavy atom. The number of benzene rings is 2. The molecule has 0 saturated carbocycles. The van der Waals surface area contributed by atoms with Crippen LogP contribution in [-0.2, 0) is 0 Å². The van der Waals surface area contributed by atoms with Crippen molar-refractivity contribution in [1.29, 1.82) is 0 Å². The minimum Gasteiger partial charge on any atom is -0.497 e. The molecule has 0 fully saturated rings. The first kappa shape index (κ1) is 16.2. The van der Waals surface area contributed by atoms with Gasteiger partial charge in [-0.1, -0.05) is 42.6 Å². The Balaban J connectivity index is 2.75. The highest BCUT2D eigenvalue weighted by Gasteiger charge is 2.35. The highest BCUT2D eigenvalue weighted by molar-refractivity contribution is 7.05. The lowest BCUT2D eigenvalue weighted by Gasteiger charge is -2.28. The third-order valence-corrected chi connectivity index (χ3v) is 7.90. The van der Waals surface area contributed by atoms with Gasteiger partial charge >= 0.3 is 0 Å². The van der Waals surface area contributed by atoms with Crippen molar-refractivity contribution in [3.63, 3.8) is 0 Å². The zero-order valence-corrected chi connectivity index (χ0v) is 14.6. The third-order valence-electron chi connectivity index (χ3n) is 4.02. The zero-order valence-electron chi connectivity index (χ0n) is 13.6. The van der Waals surface area contributed by atoms with E-state index in [2.05, 4.69) is 31.0 Å². The lowest BCUT2D eigenvalue weighted by Crippen LogP contribution is -2.55. The molecular formula is C18H22O3Si. The highest BCUT2D eigenvalue weighted by Crippen LogP contribution is 2.29. The molecule has 0 heterocycles. The largest absolute Gasteiger partial charge is 0.497 e. The first-order valence-corrected chi connectivity index (χ1v) is 9.68. The molecule has 0 amide bonds. The van der Waals surface area contributed by atoms with Crippen LogP contribution in [0, 0.1) is 0 Å². The van der Waals surface area contributed by atoms with Gasteiger partial charge in [0.15, 0.2) is 0 Å². The molecule has 0 aliphatic carbocycles. The monoisotopic (exact) mass is 314 g/mol. The minimum absolute atomic E-state index is 0.714. The molecule has 0 radical (unpaired) electrons. The van der Waals surface area contributed by atoms with Crippen LogP contribution in [0.15, 0.2) is 54.7 Å². The SMILES string of the molecule is C=C[Si@@](C)(c1ccccc1)c1c(OC)cc(OC)cc1OC. The summed E-state index contributed by atoms with van der Waals surface area (Å²) < 4.78 is 16.6. The van der Waals surface area contributed by atoms with Crippen molar-refractivity contribution in [2.45, 2.75) is 6.55 Å². The topological polar surface area (TPSA) is 27.7 Å². The Morgan fingerprint density at radius 3 is 1.86 bits per heavy atom. The van der Waals surface area contributed by atoms with Crippen LogP contribution in [0.2, 0.25) is 6.55 Å². The number of hydrogen-bond acceptors (Lipinski definition) is 3. The fourth-order valence-electron chi connectivity index (χ4n) is 2.67. The van der Waals surface area contributed by atoms with E-state index >= 15 is 0 Å². The molecule has 0 aromatic heterocycles. The van der Waals surface area contributed by atoms with Crippen molar-refractivity contribution < 1.29 is 14.2 Å². The molecule has 116 valence electrons. The number of rotatable bonds is 6. The van der Waals surface area contributed by atoms with Crippen LogP contribution in [0.4, 0.5) is 0 Å². The highest BCUT2D eigenvalue weighted by atomic mass is 28.3. The van der Waals surface area contributed by atoms with Gasteiger partial charge in [-0.15, -0.1) is 6.58 Å².